The first kappa shape index (κ1) is 24.8. The van der Waals surface area contributed by atoms with Crippen molar-refractivity contribution in [2.24, 2.45) is 0 Å². The molecule has 0 unspecified atom stereocenters. The number of carbonyl (C=O) groups is 1. The maximum Gasteiger partial charge on any atom is 0.326 e. The second-order valence-corrected chi connectivity index (χ2v) is 10.2. The second-order valence-electron chi connectivity index (χ2n) is 10.2. The third-order valence-corrected chi connectivity index (χ3v) is 6.31. The van der Waals surface area contributed by atoms with Crippen LogP contribution in [0.1, 0.15) is 51.4 Å². The van der Waals surface area contributed by atoms with Crippen molar-refractivity contribution in [1.29, 1.82) is 0 Å². The van der Waals surface area contributed by atoms with E-state index >= 15 is 0 Å². The largest absolute Gasteiger partial charge is 0.459 e. The van der Waals surface area contributed by atoms with Crippen LogP contribution in [0.4, 0.5) is 5.82 Å². The van der Waals surface area contributed by atoms with E-state index in [1.165, 1.54) is 4.57 Å². The third kappa shape index (κ3) is 5.29. The molecule has 2 aromatic heterocycles. The smallest absolute Gasteiger partial charge is 0.326 e. The van der Waals surface area contributed by atoms with Crippen molar-refractivity contribution in [3.63, 3.8) is 0 Å². The molecule has 8 nitrogen and oxygen atoms in total. The average molecular weight is 502 g/mol. The molecule has 0 aliphatic carbocycles. The number of rotatable bonds is 6. The van der Waals surface area contributed by atoms with Gasteiger partial charge in [-0.25, -0.2) is 4.98 Å². The number of nitrogens with zero attached hydrogens (tertiary/aromatic N) is 2. The third-order valence-electron chi connectivity index (χ3n) is 6.31. The molecule has 0 spiro atoms. The summed E-state index contributed by atoms with van der Waals surface area (Å²) in [4.78, 5) is 30.8. The average Bonchev–Trinajstić information content (AvgIpc) is 3.24. The summed E-state index contributed by atoms with van der Waals surface area (Å²) in [7, 11) is 0. The number of esters is 1. The lowest BCUT2D eigenvalue weighted by Crippen LogP contribution is -2.34. The zero-order valence-electron chi connectivity index (χ0n) is 21.5. The predicted molar refractivity (Wildman–Crippen MR) is 144 cm³/mol. The van der Waals surface area contributed by atoms with Gasteiger partial charge in [-0.05, 0) is 63.5 Å². The van der Waals surface area contributed by atoms with Gasteiger partial charge in [0.1, 0.15) is 23.3 Å². The standard InChI is InChI=1S/C29H31N3O5/c1-18(20-9-10-25-22(15-20)21-7-5-6-8-24(21)36-25)31-27-28(34)32(17-26(33)37-29(2,3)4)23(16-30-27)19-11-13-35-14-12-19/h5-11,15-16,18H,12-14,17H2,1-4H3,(H,30,31)/t18-/m1/s1. The molecule has 0 fully saturated rings. The first-order chi connectivity index (χ1) is 17.7. The summed E-state index contributed by atoms with van der Waals surface area (Å²) in [6.45, 7) is 8.18. The molecule has 1 aliphatic heterocycles. The number of hydrogen-bond acceptors (Lipinski definition) is 7. The lowest BCUT2D eigenvalue weighted by Gasteiger charge is -2.23. The molecule has 0 saturated heterocycles. The van der Waals surface area contributed by atoms with Crippen LogP contribution in [-0.4, -0.2) is 34.3 Å². The molecule has 0 amide bonds. The first-order valence-corrected chi connectivity index (χ1v) is 12.5. The molecule has 192 valence electrons. The van der Waals surface area contributed by atoms with Gasteiger partial charge < -0.3 is 19.2 Å². The summed E-state index contributed by atoms with van der Waals surface area (Å²) in [6, 6.07) is 13.7. The Balaban J connectivity index is 1.48. The van der Waals surface area contributed by atoms with Gasteiger partial charge in [0.15, 0.2) is 5.82 Å². The van der Waals surface area contributed by atoms with E-state index in [-0.39, 0.29) is 24.0 Å². The molecule has 1 atom stereocenters. The van der Waals surface area contributed by atoms with Crippen LogP contribution in [0, 0.1) is 0 Å². The van der Waals surface area contributed by atoms with Crippen LogP contribution in [0.2, 0.25) is 0 Å². The van der Waals surface area contributed by atoms with Gasteiger partial charge in [0.05, 0.1) is 31.1 Å². The fraction of sp³-hybridized carbons (Fsp3) is 0.345. The molecular formula is C29H31N3O5. The van der Waals surface area contributed by atoms with E-state index in [9.17, 15) is 9.59 Å². The predicted octanol–water partition coefficient (Wildman–Crippen LogP) is 5.46. The van der Waals surface area contributed by atoms with Gasteiger partial charge in [-0.2, -0.15) is 0 Å². The van der Waals surface area contributed by atoms with Crippen LogP contribution >= 0.6 is 0 Å². The highest BCUT2D eigenvalue weighted by atomic mass is 16.6. The van der Waals surface area contributed by atoms with E-state index in [1.54, 1.807) is 27.0 Å². The monoisotopic (exact) mass is 501 g/mol. The highest BCUT2D eigenvalue weighted by molar-refractivity contribution is 6.05. The molecule has 1 aliphatic rings. The number of ether oxygens (including phenoxy) is 2. The quantitative estimate of drug-likeness (QED) is 0.351. The zero-order chi connectivity index (χ0) is 26.2. The highest BCUT2D eigenvalue weighted by Gasteiger charge is 2.22. The number of benzene rings is 2. The molecule has 0 bridgehead atoms. The maximum atomic E-state index is 13.6. The van der Waals surface area contributed by atoms with Gasteiger partial charge in [-0.3, -0.25) is 14.2 Å². The van der Waals surface area contributed by atoms with Gasteiger partial charge in [-0.15, -0.1) is 0 Å². The lowest BCUT2D eigenvalue weighted by atomic mass is 10.0. The summed E-state index contributed by atoms with van der Waals surface area (Å²) >= 11 is 0. The minimum Gasteiger partial charge on any atom is -0.459 e. The van der Waals surface area contributed by atoms with Crippen LogP contribution in [-0.2, 0) is 20.8 Å². The number of fused-ring (bicyclic) bond motifs is 3. The molecule has 0 radical (unpaired) electrons. The molecule has 1 N–H and O–H groups in total. The topological polar surface area (TPSA) is 95.6 Å². The van der Waals surface area contributed by atoms with Gasteiger partial charge in [0, 0.05) is 10.8 Å². The lowest BCUT2D eigenvalue weighted by molar-refractivity contribution is -0.155. The fourth-order valence-corrected chi connectivity index (χ4v) is 4.56. The SMILES string of the molecule is C[C@@H](Nc1ncc(C2=CCOCC2)n(CC(=O)OC(C)(C)C)c1=O)c1ccc2oc3ccccc3c2c1. The van der Waals surface area contributed by atoms with Crippen molar-refractivity contribution in [3.05, 3.63) is 76.3 Å². The Kier molecular flexibility index (Phi) is 6.60. The van der Waals surface area contributed by atoms with E-state index in [0.29, 0.717) is 25.3 Å². The van der Waals surface area contributed by atoms with Gasteiger partial charge in [-0.1, -0.05) is 30.3 Å². The van der Waals surface area contributed by atoms with Gasteiger partial charge in [0.2, 0.25) is 0 Å². The number of hydrogen-bond donors (Lipinski definition) is 1. The number of para-hydroxylation sites is 1. The summed E-state index contributed by atoms with van der Waals surface area (Å²) < 4.78 is 18.3. The van der Waals surface area contributed by atoms with Crippen LogP contribution in [0.15, 0.2) is 63.9 Å². The Morgan fingerprint density at radius 2 is 1.95 bits per heavy atom. The molecule has 3 heterocycles. The number of aromatic nitrogens is 2. The number of furan rings is 1. The Morgan fingerprint density at radius 3 is 2.70 bits per heavy atom. The Labute approximate surface area is 214 Å². The van der Waals surface area contributed by atoms with E-state index in [2.05, 4.69) is 16.4 Å². The Morgan fingerprint density at radius 1 is 1.16 bits per heavy atom. The van der Waals surface area contributed by atoms with E-state index < -0.39 is 11.6 Å². The minimum atomic E-state index is -0.655. The van der Waals surface area contributed by atoms with Crippen molar-refractivity contribution in [3.8, 4) is 0 Å². The molecule has 2 aromatic carbocycles. The van der Waals surface area contributed by atoms with E-state index in [0.717, 1.165) is 33.1 Å². The number of carbonyl (C=O) groups excluding carboxylic acids is 1. The van der Waals surface area contributed by atoms with Crippen molar-refractivity contribution in [2.75, 3.05) is 18.5 Å². The molecular weight excluding hydrogens is 470 g/mol. The Bertz CT molecular complexity index is 1560. The van der Waals surface area contributed by atoms with Gasteiger partial charge in [0.25, 0.3) is 5.56 Å². The van der Waals surface area contributed by atoms with E-state index in [1.807, 2.05) is 49.4 Å². The molecule has 4 aromatic rings. The molecule has 8 heteroatoms. The summed E-state index contributed by atoms with van der Waals surface area (Å²) in [5.41, 5.74) is 3.12. The fourth-order valence-electron chi connectivity index (χ4n) is 4.56. The summed E-state index contributed by atoms with van der Waals surface area (Å²) in [5, 5.41) is 5.31. The maximum absolute atomic E-state index is 13.6. The summed E-state index contributed by atoms with van der Waals surface area (Å²) in [6.07, 6.45) is 4.20. The molecule has 0 saturated carbocycles. The van der Waals surface area contributed by atoms with Crippen molar-refractivity contribution < 1.29 is 18.7 Å². The van der Waals surface area contributed by atoms with Crippen molar-refractivity contribution >= 4 is 39.3 Å². The number of anilines is 1. The van der Waals surface area contributed by atoms with E-state index in [4.69, 9.17) is 13.9 Å². The van der Waals surface area contributed by atoms with Crippen LogP contribution < -0.4 is 10.9 Å². The van der Waals surface area contributed by atoms with Gasteiger partial charge >= 0.3 is 5.97 Å². The van der Waals surface area contributed by atoms with Crippen molar-refractivity contribution in [2.45, 2.75) is 52.3 Å². The second kappa shape index (κ2) is 9.86. The minimum absolute atomic E-state index is 0.171. The zero-order valence-corrected chi connectivity index (χ0v) is 21.5. The van der Waals surface area contributed by atoms with Crippen LogP contribution in [0.3, 0.4) is 0 Å². The highest BCUT2D eigenvalue weighted by Crippen LogP contribution is 2.31. The van der Waals surface area contributed by atoms with Crippen LogP contribution in [0.5, 0.6) is 0 Å². The normalized spacial score (nSPS) is 15.0. The van der Waals surface area contributed by atoms with Crippen molar-refractivity contribution in [1.82, 2.24) is 9.55 Å². The van der Waals surface area contributed by atoms with Crippen LogP contribution in [0.25, 0.3) is 27.5 Å². The summed E-state index contributed by atoms with van der Waals surface area (Å²) in [5.74, 6) is -0.310. The first-order valence-electron chi connectivity index (χ1n) is 12.5. The Hall–Kier alpha value is -3.91. The molecule has 5 rings (SSSR count). The molecule has 37 heavy (non-hydrogen) atoms. The number of nitrogens with one attached hydrogen (secondary N) is 1.